The van der Waals surface area contributed by atoms with Gasteiger partial charge in [-0.3, -0.25) is 0 Å². The van der Waals surface area contributed by atoms with Gasteiger partial charge in [0.05, 0.1) is 5.60 Å². The Bertz CT molecular complexity index is 99.7. The molecule has 0 aliphatic rings. The van der Waals surface area contributed by atoms with Gasteiger partial charge in [0.15, 0.2) is 0 Å². The molecular weight excluding hydrogens is 135 g/mol. The van der Waals surface area contributed by atoms with Crippen LogP contribution in [0.3, 0.4) is 0 Å². The topological polar surface area (TPSA) is 9.23 Å². The Morgan fingerprint density at radius 2 is 2.09 bits per heavy atom. The molecule has 0 spiro atoms. The molecule has 0 aromatic heterocycles. The first-order valence-corrected chi connectivity index (χ1v) is 4.43. The third-order valence-corrected chi connectivity index (χ3v) is 2.80. The minimum absolute atomic E-state index is 0.0620. The van der Waals surface area contributed by atoms with E-state index in [0.29, 0.717) is 5.92 Å². The lowest BCUT2D eigenvalue weighted by atomic mass is 9.68. The van der Waals surface area contributed by atoms with Crippen molar-refractivity contribution in [1.82, 2.24) is 0 Å². The molecule has 0 saturated carbocycles. The van der Waals surface area contributed by atoms with E-state index in [9.17, 15) is 0 Å². The monoisotopic (exact) mass is 155 g/mol. The fraction of sp³-hybridized carbons (Fsp3) is 1.00. The van der Waals surface area contributed by atoms with E-state index in [0.717, 1.165) is 12.7 Å². The minimum atomic E-state index is 0.0620. The Balaban J connectivity index is 4.00. The highest BCUT2D eigenvalue weighted by atomic mass is 16.5. The van der Waals surface area contributed by atoms with Crippen LogP contribution in [0.15, 0.2) is 0 Å². The van der Waals surface area contributed by atoms with Crippen LogP contribution in [0, 0.1) is 5.92 Å². The normalized spacial score (nSPS) is 19.0. The standard InChI is InChI=1S/C9H20BO/c1-6-9(3,11-5)8(2)7-10-4/h8H,6-7H2,1-5H3. The first-order chi connectivity index (χ1) is 5.10. The minimum Gasteiger partial charge on any atom is -0.378 e. The Morgan fingerprint density at radius 1 is 1.55 bits per heavy atom. The number of rotatable bonds is 5. The molecule has 0 rings (SSSR count). The van der Waals surface area contributed by atoms with Gasteiger partial charge in [-0.1, -0.05) is 27.0 Å². The highest BCUT2D eigenvalue weighted by Crippen LogP contribution is 2.27. The van der Waals surface area contributed by atoms with Crippen molar-refractivity contribution in [2.45, 2.75) is 45.9 Å². The van der Waals surface area contributed by atoms with Crippen LogP contribution in [0.1, 0.15) is 27.2 Å². The molecule has 11 heavy (non-hydrogen) atoms. The lowest BCUT2D eigenvalue weighted by Crippen LogP contribution is -2.34. The maximum atomic E-state index is 5.48. The molecule has 2 unspecified atom stereocenters. The van der Waals surface area contributed by atoms with Crippen LogP contribution < -0.4 is 0 Å². The summed E-state index contributed by atoms with van der Waals surface area (Å²) < 4.78 is 5.48. The van der Waals surface area contributed by atoms with Crippen molar-refractivity contribution in [3.63, 3.8) is 0 Å². The van der Waals surface area contributed by atoms with E-state index in [4.69, 9.17) is 4.74 Å². The predicted octanol–water partition coefficient (Wildman–Crippen LogP) is 2.61. The number of hydrogen-bond acceptors (Lipinski definition) is 1. The molecule has 0 fully saturated rings. The molecule has 1 nitrogen and oxygen atoms in total. The number of ether oxygens (including phenoxy) is 1. The second-order valence-corrected chi connectivity index (χ2v) is 3.42. The molecule has 2 heteroatoms. The first-order valence-electron chi connectivity index (χ1n) is 4.43. The maximum absolute atomic E-state index is 5.48. The van der Waals surface area contributed by atoms with Crippen molar-refractivity contribution in [3.05, 3.63) is 0 Å². The Labute approximate surface area is 71.8 Å². The number of hydrogen-bond donors (Lipinski definition) is 0. The Hall–Kier alpha value is 0.0249. The van der Waals surface area contributed by atoms with E-state index in [1.165, 1.54) is 0 Å². The smallest absolute Gasteiger partial charge is 0.106 e. The lowest BCUT2D eigenvalue weighted by molar-refractivity contribution is -0.0347. The van der Waals surface area contributed by atoms with Crippen molar-refractivity contribution >= 4 is 7.28 Å². The fourth-order valence-electron chi connectivity index (χ4n) is 1.30. The molecule has 0 aliphatic heterocycles. The van der Waals surface area contributed by atoms with E-state index >= 15 is 0 Å². The van der Waals surface area contributed by atoms with E-state index < -0.39 is 0 Å². The second-order valence-electron chi connectivity index (χ2n) is 3.42. The molecule has 1 radical (unpaired) electrons. The third kappa shape index (κ3) is 2.86. The highest BCUT2D eigenvalue weighted by molar-refractivity contribution is 6.33. The molecular formula is C9H20BO. The van der Waals surface area contributed by atoms with E-state index in [2.05, 4.69) is 34.9 Å². The molecule has 0 aromatic carbocycles. The SMILES string of the molecule is C[B]CC(C)C(C)(CC)OC. The summed E-state index contributed by atoms with van der Waals surface area (Å²) in [6.07, 6.45) is 2.22. The highest BCUT2D eigenvalue weighted by Gasteiger charge is 2.27. The van der Waals surface area contributed by atoms with Crippen LogP contribution in [0.2, 0.25) is 13.1 Å². The van der Waals surface area contributed by atoms with Gasteiger partial charge in [-0.15, -0.1) is 0 Å². The summed E-state index contributed by atoms with van der Waals surface area (Å²) in [5.41, 5.74) is 0.0620. The lowest BCUT2D eigenvalue weighted by Gasteiger charge is -2.33. The van der Waals surface area contributed by atoms with Crippen LogP contribution in [0.25, 0.3) is 0 Å². The quantitative estimate of drug-likeness (QED) is 0.554. The molecule has 0 aliphatic carbocycles. The average molecular weight is 155 g/mol. The third-order valence-electron chi connectivity index (χ3n) is 2.80. The van der Waals surface area contributed by atoms with E-state index in [1.54, 1.807) is 7.11 Å². The zero-order valence-electron chi connectivity index (χ0n) is 8.48. The summed E-state index contributed by atoms with van der Waals surface area (Å²) >= 11 is 0. The van der Waals surface area contributed by atoms with Gasteiger partial charge in [-0.2, -0.15) is 0 Å². The van der Waals surface area contributed by atoms with Gasteiger partial charge < -0.3 is 4.74 Å². The summed E-state index contributed by atoms with van der Waals surface area (Å²) in [5, 5.41) is 0. The molecule has 0 N–H and O–H groups in total. The molecule has 0 aromatic rings. The predicted molar refractivity (Wildman–Crippen MR) is 51.3 cm³/mol. The zero-order chi connectivity index (χ0) is 8.91. The summed E-state index contributed by atoms with van der Waals surface area (Å²) in [6.45, 7) is 8.70. The molecule has 0 amide bonds. The van der Waals surface area contributed by atoms with Crippen molar-refractivity contribution in [2.75, 3.05) is 7.11 Å². The van der Waals surface area contributed by atoms with Gasteiger partial charge >= 0.3 is 0 Å². The fourth-order valence-corrected chi connectivity index (χ4v) is 1.30. The van der Waals surface area contributed by atoms with Crippen molar-refractivity contribution < 1.29 is 4.74 Å². The van der Waals surface area contributed by atoms with Crippen molar-refractivity contribution in [1.29, 1.82) is 0 Å². The van der Waals surface area contributed by atoms with Gasteiger partial charge in [-0.25, -0.2) is 0 Å². The van der Waals surface area contributed by atoms with Gasteiger partial charge in [0.2, 0.25) is 0 Å². The average Bonchev–Trinajstić information content (AvgIpc) is 2.03. The molecule has 0 heterocycles. The maximum Gasteiger partial charge on any atom is 0.106 e. The molecule has 0 bridgehead atoms. The van der Waals surface area contributed by atoms with Crippen LogP contribution in [-0.2, 0) is 4.74 Å². The zero-order valence-corrected chi connectivity index (χ0v) is 8.48. The Kier molecular flexibility index (Phi) is 4.82. The molecule has 65 valence electrons. The van der Waals surface area contributed by atoms with Gasteiger partial charge in [0, 0.05) is 7.11 Å². The second kappa shape index (κ2) is 4.81. The summed E-state index contributed by atoms with van der Waals surface area (Å²) in [5.74, 6) is 0.613. The van der Waals surface area contributed by atoms with Crippen LogP contribution in [0.4, 0.5) is 0 Å². The summed E-state index contributed by atoms with van der Waals surface area (Å²) in [4.78, 5) is 0. The first kappa shape index (κ1) is 11.0. The summed E-state index contributed by atoms with van der Waals surface area (Å²) in [6, 6.07) is 0. The van der Waals surface area contributed by atoms with Gasteiger partial charge in [0.25, 0.3) is 0 Å². The van der Waals surface area contributed by atoms with Gasteiger partial charge in [-0.05, 0) is 19.3 Å². The molecule has 0 saturated heterocycles. The van der Waals surface area contributed by atoms with Crippen molar-refractivity contribution in [3.8, 4) is 0 Å². The van der Waals surface area contributed by atoms with E-state index in [1.807, 2.05) is 0 Å². The van der Waals surface area contributed by atoms with Gasteiger partial charge in [0.1, 0.15) is 7.28 Å². The largest absolute Gasteiger partial charge is 0.378 e. The Morgan fingerprint density at radius 3 is 2.36 bits per heavy atom. The summed E-state index contributed by atoms with van der Waals surface area (Å²) in [7, 11) is 4.01. The van der Waals surface area contributed by atoms with E-state index in [-0.39, 0.29) is 5.60 Å². The van der Waals surface area contributed by atoms with Crippen LogP contribution in [0.5, 0.6) is 0 Å². The molecule has 2 atom stereocenters. The van der Waals surface area contributed by atoms with Crippen molar-refractivity contribution in [2.24, 2.45) is 5.92 Å². The number of methoxy groups -OCH3 is 1. The van der Waals surface area contributed by atoms with Crippen LogP contribution in [-0.4, -0.2) is 20.0 Å². The van der Waals surface area contributed by atoms with Crippen LogP contribution >= 0.6 is 0 Å².